The lowest BCUT2D eigenvalue weighted by Gasteiger charge is -2.00. The van der Waals surface area contributed by atoms with Crippen molar-refractivity contribution in [2.24, 2.45) is 0 Å². The first-order chi connectivity index (χ1) is 7.66. The largest absolute Gasteiger partial charge is 0.508 e. The molecular formula is C13H9NO2. The Kier molecular flexibility index (Phi) is 1.60. The van der Waals surface area contributed by atoms with Crippen LogP contribution in [0, 0.1) is 0 Å². The molecular weight excluding hydrogens is 202 g/mol. The second-order valence-electron chi connectivity index (χ2n) is 3.86. The van der Waals surface area contributed by atoms with E-state index in [1.807, 2.05) is 6.07 Å². The summed E-state index contributed by atoms with van der Waals surface area (Å²) in [7, 11) is 0. The maximum Gasteiger partial charge on any atom is 0.194 e. The van der Waals surface area contributed by atoms with Gasteiger partial charge in [-0.05, 0) is 41.5 Å². The number of carbonyl (C=O) groups is 1. The Morgan fingerprint density at radius 2 is 1.50 bits per heavy atom. The van der Waals surface area contributed by atoms with Crippen LogP contribution >= 0.6 is 0 Å². The van der Waals surface area contributed by atoms with E-state index in [1.165, 1.54) is 6.07 Å². The van der Waals surface area contributed by atoms with Crippen molar-refractivity contribution in [3.8, 4) is 16.9 Å². The SMILES string of the molecule is Nc1ccc2c(c1)C(=O)c1cc(O)ccc1-2. The third-order valence-corrected chi connectivity index (χ3v) is 2.83. The molecule has 0 saturated carbocycles. The van der Waals surface area contributed by atoms with Gasteiger partial charge in [-0.1, -0.05) is 6.07 Å². The van der Waals surface area contributed by atoms with Crippen molar-refractivity contribution in [1.29, 1.82) is 0 Å². The molecule has 0 aliphatic heterocycles. The number of phenols is 1. The molecule has 2 aromatic carbocycles. The molecule has 1 aliphatic carbocycles. The number of nitrogen functional groups attached to an aromatic ring is 1. The van der Waals surface area contributed by atoms with Crippen LogP contribution in [0.5, 0.6) is 5.75 Å². The second kappa shape index (κ2) is 2.85. The summed E-state index contributed by atoms with van der Waals surface area (Å²) < 4.78 is 0. The number of fused-ring (bicyclic) bond motifs is 3. The summed E-state index contributed by atoms with van der Waals surface area (Å²) in [6.07, 6.45) is 0. The van der Waals surface area contributed by atoms with E-state index in [1.54, 1.807) is 24.3 Å². The highest BCUT2D eigenvalue weighted by Crippen LogP contribution is 2.38. The number of nitrogens with two attached hydrogens (primary N) is 1. The summed E-state index contributed by atoms with van der Waals surface area (Å²) in [5.74, 6) is 0.0288. The minimum absolute atomic E-state index is 0.0757. The molecule has 0 unspecified atom stereocenters. The van der Waals surface area contributed by atoms with E-state index in [2.05, 4.69) is 0 Å². The average Bonchev–Trinajstić information content (AvgIpc) is 2.53. The predicted octanol–water partition coefficient (Wildman–Crippen LogP) is 2.19. The standard InChI is InChI=1S/C13H9NO2/c14-7-1-3-9-10-4-2-8(15)6-12(10)13(16)11(9)5-7/h1-6,15H,14H2. The molecule has 0 atom stereocenters. The van der Waals surface area contributed by atoms with Gasteiger partial charge >= 0.3 is 0 Å². The fourth-order valence-electron chi connectivity index (χ4n) is 2.08. The van der Waals surface area contributed by atoms with Crippen LogP contribution in [0.4, 0.5) is 5.69 Å². The van der Waals surface area contributed by atoms with Gasteiger partial charge in [0.2, 0.25) is 0 Å². The zero-order valence-electron chi connectivity index (χ0n) is 8.40. The number of ketones is 1. The Labute approximate surface area is 92.1 Å². The molecule has 0 fully saturated rings. The highest BCUT2D eigenvalue weighted by molar-refractivity contribution is 6.22. The maximum atomic E-state index is 12.0. The van der Waals surface area contributed by atoms with E-state index in [4.69, 9.17) is 5.73 Å². The molecule has 0 amide bonds. The lowest BCUT2D eigenvalue weighted by atomic mass is 10.1. The van der Waals surface area contributed by atoms with Gasteiger partial charge in [0.15, 0.2) is 5.78 Å². The van der Waals surface area contributed by atoms with Crippen LogP contribution in [0.25, 0.3) is 11.1 Å². The number of hydrogen-bond acceptors (Lipinski definition) is 3. The Hall–Kier alpha value is -2.29. The first-order valence-corrected chi connectivity index (χ1v) is 4.94. The van der Waals surface area contributed by atoms with E-state index in [0.29, 0.717) is 16.8 Å². The molecule has 0 heterocycles. The van der Waals surface area contributed by atoms with Gasteiger partial charge in [-0.2, -0.15) is 0 Å². The highest BCUT2D eigenvalue weighted by atomic mass is 16.3. The van der Waals surface area contributed by atoms with E-state index in [-0.39, 0.29) is 11.5 Å². The molecule has 3 N–H and O–H groups in total. The molecule has 0 bridgehead atoms. The normalized spacial score (nSPS) is 12.4. The Morgan fingerprint density at radius 3 is 2.25 bits per heavy atom. The number of carbonyl (C=O) groups excluding carboxylic acids is 1. The number of hydrogen-bond donors (Lipinski definition) is 2. The van der Waals surface area contributed by atoms with Gasteiger partial charge in [0.1, 0.15) is 5.75 Å². The van der Waals surface area contributed by atoms with Crippen molar-refractivity contribution in [2.45, 2.75) is 0 Å². The van der Waals surface area contributed by atoms with Crippen molar-refractivity contribution in [2.75, 3.05) is 5.73 Å². The average molecular weight is 211 g/mol. The zero-order chi connectivity index (χ0) is 11.3. The number of anilines is 1. The maximum absolute atomic E-state index is 12.0. The summed E-state index contributed by atoms with van der Waals surface area (Å²) in [6.45, 7) is 0. The van der Waals surface area contributed by atoms with E-state index < -0.39 is 0 Å². The Morgan fingerprint density at radius 1 is 0.875 bits per heavy atom. The van der Waals surface area contributed by atoms with Gasteiger partial charge in [0.05, 0.1) is 0 Å². The Bertz CT molecular complexity index is 564. The van der Waals surface area contributed by atoms with E-state index >= 15 is 0 Å². The minimum Gasteiger partial charge on any atom is -0.508 e. The van der Waals surface area contributed by atoms with Crippen LogP contribution < -0.4 is 5.73 Å². The summed E-state index contributed by atoms with van der Waals surface area (Å²) in [6, 6.07) is 10.1. The summed E-state index contributed by atoms with van der Waals surface area (Å²) >= 11 is 0. The smallest absolute Gasteiger partial charge is 0.194 e. The molecule has 3 heteroatoms. The second-order valence-corrected chi connectivity index (χ2v) is 3.86. The molecule has 3 nitrogen and oxygen atoms in total. The van der Waals surface area contributed by atoms with Gasteiger partial charge in [-0.15, -0.1) is 0 Å². The van der Waals surface area contributed by atoms with Crippen LogP contribution in [0.15, 0.2) is 36.4 Å². The number of phenolic OH excluding ortho intramolecular Hbond substituents is 1. The first kappa shape index (κ1) is 8.97. The third-order valence-electron chi connectivity index (χ3n) is 2.83. The molecule has 78 valence electrons. The highest BCUT2D eigenvalue weighted by Gasteiger charge is 2.26. The molecule has 3 rings (SSSR count). The van der Waals surface area contributed by atoms with Crippen LogP contribution in [0.1, 0.15) is 15.9 Å². The summed E-state index contributed by atoms with van der Waals surface area (Å²) in [5.41, 5.74) is 9.13. The minimum atomic E-state index is -0.0757. The number of benzene rings is 2. The topological polar surface area (TPSA) is 63.3 Å². The van der Waals surface area contributed by atoms with Gasteiger partial charge in [0, 0.05) is 16.8 Å². The molecule has 0 aromatic heterocycles. The molecule has 0 spiro atoms. The monoisotopic (exact) mass is 211 g/mol. The van der Waals surface area contributed by atoms with Gasteiger partial charge < -0.3 is 10.8 Å². The van der Waals surface area contributed by atoms with Gasteiger partial charge in [-0.3, -0.25) is 4.79 Å². The fourth-order valence-corrected chi connectivity index (χ4v) is 2.08. The van der Waals surface area contributed by atoms with Crippen molar-refractivity contribution in [3.05, 3.63) is 47.5 Å². The van der Waals surface area contributed by atoms with Crippen molar-refractivity contribution >= 4 is 11.5 Å². The van der Waals surface area contributed by atoms with E-state index in [0.717, 1.165) is 11.1 Å². The van der Waals surface area contributed by atoms with Crippen LogP contribution in [0.3, 0.4) is 0 Å². The lowest BCUT2D eigenvalue weighted by Crippen LogP contribution is -1.96. The first-order valence-electron chi connectivity index (χ1n) is 4.94. The van der Waals surface area contributed by atoms with Crippen molar-refractivity contribution < 1.29 is 9.90 Å². The summed E-state index contributed by atoms with van der Waals surface area (Å²) in [5, 5.41) is 9.37. The Balaban J connectivity index is 2.34. The molecule has 2 aromatic rings. The lowest BCUT2D eigenvalue weighted by molar-refractivity contribution is 0.104. The number of rotatable bonds is 0. The fraction of sp³-hybridized carbons (Fsp3) is 0. The predicted molar refractivity (Wildman–Crippen MR) is 61.4 cm³/mol. The quantitative estimate of drug-likeness (QED) is 0.560. The van der Waals surface area contributed by atoms with Gasteiger partial charge in [-0.25, -0.2) is 0 Å². The molecule has 16 heavy (non-hydrogen) atoms. The van der Waals surface area contributed by atoms with Crippen molar-refractivity contribution in [1.82, 2.24) is 0 Å². The summed E-state index contributed by atoms with van der Waals surface area (Å²) in [4.78, 5) is 12.0. The van der Waals surface area contributed by atoms with Crippen LogP contribution in [0.2, 0.25) is 0 Å². The molecule has 0 saturated heterocycles. The molecule has 1 aliphatic rings. The number of aromatic hydroxyl groups is 1. The van der Waals surface area contributed by atoms with Gasteiger partial charge in [0.25, 0.3) is 0 Å². The zero-order valence-corrected chi connectivity index (χ0v) is 8.40. The van der Waals surface area contributed by atoms with Crippen LogP contribution in [-0.4, -0.2) is 10.9 Å². The third kappa shape index (κ3) is 1.05. The van der Waals surface area contributed by atoms with Crippen LogP contribution in [-0.2, 0) is 0 Å². The molecule has 0 radical (unpaired) electrons. The van der Waals surface area contributed by atoms with Crippen molar-refractivity contribution in [3.63, 3.8) is 0 Å². The van der Waals surface area contributed by atoms with E-state index in [9.17, 15) is 9.90 Å².